The third-order valence-corrected chi connectivity index (χ3v) is 5.21. The molecule has 1 unspecified atom stereocenters. The molecule has 6 nitrogen and oxygen atoms in total. The molecule has 0 saturated carbocycles. The number of carbonyl (C=O) groups is 1. The van der Waals surface area contributed by atoms with Crippen LogP contribution in [0.5, 0.6) is 0 Å². The standard InChI is InChI=1S/C15H18N2O4S2/c1-10(2)9-12(15(18)19)17-21-23(20)14-7-6-13(22-14)11-5-3-4-8-16-11/h3-8,10,12,17H,9H2,1-2H3,(H,18,19)/t12-,23?/m1/s1. The first-order valence-corrected chi connectivity index (χ1v) is 8.95. The number of nitrogens with zero attached hydrogens (tertiary/aromatic N) is 1. The minimum absolute atomic E-state index is 0.179. The molecular weight excluding hydrogens is 336 g/mol. The van der Waals surface area contributed by atoms with Crippen molar-refractivity contribution in [3.05, 3.63) is 36.5 Å². The van der Waals surface area contributed by atoms with E-state index in [2.05, 4.69) is 10.5 Å². The fourth-order valence-corrected chi connectivity index (χ4v) is 3.69. The molecule has 0 spiro atoms. The van der Waals surface area contributed by atoms with Gasteiger partial charge in [-0.1, -0.05) is 19.9 Å². The van der Waals surface area contributed by atoms with Gasteiger partial charge in [0, 0.05) is 6.20 Å². The second kappa shape index (κ2) is 8.30. The lowest BCUT2D eigenvalue weighted by Crippen LogP contribution is -2.38. The molecule has 2 atom stereocenters. The molecule has 2 aromatic rings. The topological polar surface area (TPSA) is 88.5 Å². The molecule has 0 fully saturated rings. The molecule has 8 heteroatoms. The van der Waals surface area contributed by atoms with Gasteiger partial charge in [-0.2, -0.15) is 9.76 Å². The molecule has 2 N–H and O–H groups in total. The van der Waals surface area contributed by atoms with E-state index in [-0.39, 0.29) is 5.92 Å². The first kappa shape index (κ1) is 17.7. The zero-order chi connectivity index (χ0) is 16.8. The van der Waals surface area contributed by atoms with Gasteiger partial charge in [0.1, 0.15) is 10.3 Å². The van der Waals surface area contributed by atoms with Crippen molar-refractivity contribution < 1.29 is 18.4 Å². The summed E-state index contributed by atoms with van der Waals surface area (Å²) in [6.45, 7) is 3.82. The van der Waals surface area contributed by atoms with Crippen LogP contribution in [-0.2, 0) is 20.2 Å². The highest BCUT2D eigenvalue weighted by Gasteiger charge is 2.21. The number of nitrogens with one attached hydrogen (secondary N) is 1. The molecule has 0 aliphatic rings. The van der Waals surface area contributed by atoms with E-state index in [0.717, 1.165) is 10.6 Å². The van der Waals surface area contributed by atoms with Gasteiger partial charge in [0.05, 0.1) is 10.6 Å². The van der Waals surface area contributed by atoms with E-state index in [0.29, 0.717) is 10.6 Å². The number of aromatic nitrogens is 1. The average molecular weight is 354 g/mol. The summed E-state index contributed by atoms with van der Waals surface area (Å²) in [5.74, 6) is -0.853. The smallest absolute Gasteiger partial charge is 0.323 e. The van der Waals surface area contributed by atoms with Crippen molar-refractivity contribution in [3.8, 4) is 10.6 Å². The van der Waals surface area contributed by atoms with Crippen LogP contribution >= 0.6 is 11.3 Å². The van der Waals surface area contributed by atoms with Crippen LogP contribution in [-0.4, -0.2) is 26.3 Å². The number of hydroxylamine groups is 1. The van der Waals surface area contributed by atoms with Crippen LogP contribution in [0.1, 0.15) is 20.3 Å². The maximum absolute atomic E-state index is 12.1. The number of pyridine rings is 1. The molecule has 0 aliphatic carbocycles. The first-order valence-electron chi connectivity index (χ1n) is 7.06. The molecule has 2 heterocycles. The van der Waals surface area contributed by atoms with Gasteiger partial charge in [0.2, 0.25) is 11.1 Å². The van der Waals surface area contributed by atoms with Crippen LogP contribution in [0.15, 0.2) is 40.7 Å². The van der Waals surface area contributed by atoms with E-state index < -0.39 is 23.1 Å². The Hall–Kier alpha value is -1.61. The fraction of sp³-hybridized carbons (Fsp3) is 0.333. The summed E-state index contributed by atoms with van der Waals surface area (Å²) in [7, 11) is 0. The lowest BCUT2D eigenvalue weighted by molar-refractivity contribution is -0.142. The Morgan fingerprint density at radius 2 is 2.17 bits per heavy atom. The number of thiophene rings is 1. The number of carboxylic acid groups (broad SMARTS) is 1. The van der Waals surface area contributed by atoms with Gasteiger partial charge in [0.15, 0.2) is 0 Å². The Morgan fingerprint density at radius 1 is 1.39 bits per heavy atom. The van der Waals surface area contributed by atoms with Crippen molar-refractivity contribution >= 4 is 28.4 Å². The molecular formula is C15H18N2O4S2. The number of hydrogen-bond donors (Lipinski definition) is 2. The van der Waals surface area contributed by atoms with Gasteiger partial charge in [-0.3, -0.25) is 9.78 Å². The highest BCUT2D eigenvalue weighted by molar-refractivity contribution is 7.82. The van der Waals surface area contributed by atoms with Crippen LogP contribution in [0, 0.1) is 5.92 Å². The van der Waals surface area contributed by atoms with Crippen molar-refractivity contribution in [2.24, 2.45) is 5.92 Å². The number of hydrogen-bond acceptors (Lipinski definition) is 6. The SMILES string of the molecule is CC(C)C[C@@H](NOS(=O)c1ccc(-c2ccccn2)s1)C(=O)O. The molecule has 2 rings (SSSR count). The molecule has 0 saturated heterocycles. The minimum atomic E-state index is -1.77. The number of rotatable bonds is 8. The van der Waals surface area contributed by atoms with Gasteiger partial charge in [0.25, 0.3) is 0 Å². The van der Waals surface area contributed by atoms with Crippen molar-refractivity contribution in [1.29, 1.82) is 0 Å². The highest BCUT2D eigenvalue weighted by atomic mass is 32.2. The van der Waals surface area contributed by atoms with Crippen molar-refractivity contribution in [2.45, 2.75) is 30.5 Å². The van der Waals surface area contributed by atoms with E-state index in [9.17, 15) is 9.00 Å². The molecule has 0 radical (unpaired) electrons. The Labute approximate surface area is 141 Å². The second-order valence-electron chi connectivity index (χ2n) is 5.29. The van der Waals surface area contributed by atoms with E-state index in [1.54, 1.807) is 12.3 Å². The summed E-state index contributed by atoms with van der Waals surface area (Å²) in [4.78, 5) is 16.2. The van der Waals surface area contributed by atoms with Gasteiger partial charge in [-0.25, -0.2) is 4.21 Å². The van der Waals surface area contributed by atoms with Crippen LogP contribution in [0.3, 0.4) is 0 Å². The molecule has 0 aliphatic heterocycles. The van der Waals surface area contributed by atoms with Gasteiger partial charge in [-0.05, 0) is 36.6 Å². The predicted molar refractivity (Wildman–Crippen MR) is 89.1 cm³/mol. The normalized spacial score (nSPS) is 13.9. The Kier molecular flexibility index (Phi) is 6.40. The van der Waals surface area contributed by atoms with E-state index in [4.69, 9.17) is 9.39 Å². The summed E-state index contributed by atoms with van der Waals surface area (Å²) in [6.07, 6.45) is 2.07. The van der Waals surface area contributed by atoms with Crippen molar-refractivity contribution in [3.63, 3.8) is 0 Å². The lowest BCUT2D eigenvalue weighted by atomic mass is 10.1. The molecule has 0 aromatic carbocycles. The maximum Gasteiger partial charge on any atom is 0.323 e. The van der Waals surface area contributed by atoms with Gasteiger partial charge >= 0.3 is 5.97 Å². The molecule has 124 valence electrons. The van der Waals surface area contributed by atoms with Crippen molar-refractivity contribution in [2.75, 3.05) is 0 Å². The first-order chi connectivity index (χ1) is 11.0. The quantitative estimate of drug-likeness (QED) is 0.709. The van der Waals surface area contributed by atoms with Crippen molar-refractivity contribution in [1.82, 2.24) is 10.5 Å². The van der Waals surface area contributed by atoms with Gasteiger partial charge < -0.3 is 5.11 Å². The summed E-state index contributed by atoms with van der Waals surface area (Å²) in [6, 6.07) is 8.16. The average Bonchev–Trinajstić information content (AvgIpc) is 3.01. The summed E-state index contributed by atoms with van der Waals surface area (Å²) >= 11 is -0.479. The lowest BCUT2D eigenvalue weighted by Gasteiger charge is -2.14. The Bertz CT molecular complexity index is 673. The van der Waals surface area contributed by atoms with E-state index >= 15 is 0 Å². The fourth-order valence-electron chi connectivity index (χ4n) is 1.87. The third kappa shape index (κ3) is 5.21. The van der Waals surface area contributed by atoms with E-state index in [1.807, 2.05) is 38.1 Å². The van der Waals surface area contributed by atoms with Crippen LogP contribution in [0.2, 0.25) is 0 Å². The summed E-state index contributed by atoms with van der Waals surface area (Å²) in [5.41, 5.74) is 3.18. The van der Waals surface area contributed by atoms with Gasteiger partial charge in [-0.15, -0.1) is 11.3 Å². The van der Waals surface area contributed by atoms with Crippen LogP contribution < -0.4 is 5.48 Å². The number of carboxylic acids is 1. The van der Waals surface area contributed by atoms with Crippen LogP contribution in [0.4, 0.5) is 0 Å². The predicted octanol–water partition coefficient (Wildman–Crippen LogP) is 2.85. The highest BCUT2D eigenvalue weighted by Crippen LogP contribution is 2.28. The summed E-state index contributed by atoms with van der Waals surface area (Å²) in [5, 5.41) is 9.11. The molecule has 0 amide bonds. The van der Waals surface area contributed by atoms with E-state index in [1.165, 1.54) is 11.3 Å². The zero-order valence-electron chi connectivity index (χ0n) is 12.8. The third-order valence-electron chi connectivity index (χ3n) is 2.93. The summed E-state index contributed by atoms with van der Waals surface area (Å²) < 4.78 is 17.7. The van der Waals surface area contributed by atoms with Crippen LogP contribution in [0.25, 0.3) is 10.6 Å². The largest absolute Gasteiger partial charge is 0.480 e. The monoisotopic (exact) mass is 354 g/mol. The Balaban J connectivity index is 1.98. The maximum atomic E-state index is 12.1. The second-order valence-corrected chi connectivity index (χ2v) is 7.71. The molecule has 0 bridgehead atoms. The number of aliphatic carboxylic acids is 1. The zero-order valence-corrected chi connectivity index (χ0v) is 14.4. The Morgan fingerprint density at radius 3 is 2.78 bits per heavy atom. The minimum Gasteiger partial charge on any atom is -0.480 e. The molecule has 23 heavy (non-hydrogen) atoms. The molecule has 2 aromatic heterocycles.